The van der Waals surface area contributed by atoms with E-state index < -0.39 is 6.10 Å². The Morgan fingerprint density at radius 3 is 0.859 bits per heavy atom. The Labute approximate surface area is 398 Å². The van der Waals surface area contributed by atoms with Crippen molar-refractivity contribution in [2.45, 2.75) is 316 Å². The fourth-order valence-corrected chi connectivity index (χ4v) is 8.42. The van der Waals surface area contributed by atoms with Gasteiger partial charge in [0.1, 0.15) is 13.2 Å². The molecule has 0 aliphatic rings. The zero-order valence-electron chi connectivity index (χ0n) is 43.1. The quantitative estimate of drug-likeness (QED) is 0.0262. The van der Waals surface area contributed by atoms with Gasteiger partial charge in [-0.3, -0.25) is 14.4 Å². The second kappa shape index (κ2) is 53.5. The summed E-state index contributed by atoms with van der Waals surface area (Å²) in [6, 6.07) is 0. The largest absolute Gasteiger partial charge is 0.462 e. The second-order valence-electron chi connectivity index (χ2n) is 19.2. The number of unbranched alkanes of at least 4 members (excludes halogenated alkanes) is 37. The summed E-state index contributed by atoms with van der Waals surface area (Å²) in [5.41, 5.74) is 0. The van der Waals surface area contributed by atoms with Crippen LogP contribution in [0.15, 0.2) is 24.3 Å². The van der Waals surface area contributed by atoms with Crippen LogP contribution in [0.5, 0.6) is 0 Å². The Bertz CT molecular complexity index is 1040. The minimum absolute atomic E-state index is 0.0663. The van der Waals surface area contributed by atoms with Gasteiger partial charge in [0.15, 0.2) is 6.10 Å². The summed E-state index contributed by atoms with van der Waals surface area (Å²) in [7, 11) is 0. The molecule has 376 valence electrons. The predicted molar refractivity (Wildman–Crippen MR) is 275 cm³/mol. The van der Waals surface area contributed by atoms with Gasteiger partial charge in [-0.1, -0.05) is 263 Å². The van der Waals surface area contributed by atoms with Crippen LogP contribution in [0.4, 0.5) is 0 Å². The van der Waals surface area contributed by atoms with E-state index in [1.54, 1.807) is 0 Å². The van der Waals surface area contributed by atoms with Crippen molar-refractivity contribution in [1.82, 2.24) is 0 Å². The van der Waals surface area contributed by atoms with Crippen LogP contribution in [0.3, 0.4) is 0 Å². The number of hydrogen-bond donors (Lipinski definition) is 0. The number of carbonyl (C=O) groups excluding carboxylic acids is 3. The maximum absolute atomic E-state index is 12.6. The Morgan fingerprint density at radius 1 is 0.312 bits per heavy atom. The third-order valence-corrected chi connectivity index (χ3v) is 12.7. The summed E-state index contributed by atoms with van der Waals surface area (Å²) >= 11 is 0. The molecule has 0 aliphatic carbocycles. The molecular weight excluding hydrogens is 793 g/mol. The lowest BCUT2D eigenvalue weighted by Crippen LogP contribution is -2.30. The molecule has 0 spiro atoms. The van der Waals surface area contributed by atoms with Crippen LogP contribution in [0.1, 0.15) is 310 Å². The van der Waals surface area contributed by atoms with Crippen LogP contribution >= 0.6 is 0 Å². The molecular formula is C58H108O6. The molecule has 0 N–H and O–H groups in total. The maximum atomic E-state index is 12.6. The Balaban J connectivity index is 3.77. The van der Waals surface area contributed by atoms with Gasteiger partial charge in [-0.2, -0.15) is 0 Å². The van der Waals surface area contributed by atoms with Crippen LogP contribution in [0.2, 0.25) is 0 Å². The lowest BCUT2D eigenvalue weighted by Gasteiger charge is -2.18. The van der Waals surface area contributed by atoms with Crippen molar-refractivity contribution in [3.63, 3.8) is 0 Å². The van der Waals surface area contributed by atoms with Gasteiger partial charge in [-0.05, 0) is 51.4 Å². The van der Waals surface area contributed by atoms with E-state index in [1.807, 2.05) is 0 Å². The van der Waals surface area contributed by atoms with Gasteiger partial charge in [-0.15, -0.1) is 0 Å². The highest BCUT2D eigenvalue weighted by atomic mass is 16.6. The minimum atomic E-state index is -0.759. The van der Waals surface area contributed by atoms with Crippen molar-refractivity contribution in [3.8, 4) is 0 Å². The van der Waals surface area contributed by atoms with E-state index in [-0.39, 0.29) is 31.1 Å². The standard InChI is InChI=1S/C58H108O6/c1-4-7-10-13-16-17-18-19-20-21-22-23-24-25-26-27-28-29-30-31-32-33-34-35-36-37-38-39-40-41-43-45-48-51-57(60)63-54-55(53-62-56(59)50-47-44-15-12-9-6-3)64-58(61)52-49-46-42-14-11-8-5-2/h18-19,21-22,55H,4-17,20,23-54H2,1-3H3/b19-18-,22-21-. The van der Waals surface area contributed by atoms with Gasteiger partial charge in [0, 0.05) is 19.3 Å². The van der Waals surface area contributed by atoms with Crippen LogP contribution in [-0.4, -0.2) is 37.2 Å². The summed E-state index contributed by atoms with van der Waals surface area (Å²) in [5, 5.41) is 0. The average molecular weight is 901 g/mol. The summed E-state index contributed by atoms with van der Waals surface area (Å²) in [6.07, 6.45) is 62.5. The fraction of sp³-hybridized carbons (Fsp3) is 0.879. The van der Waals surface area contributed by atoms with Gasteiger partial charge in [0.25, 0.3) is 0 Å². The number of ether oxygens (including phenoxy) is 3. The third kappa shape index (κ3) is 50.9. The van der Waals surface area contributed by atoms with Crippen molar-refractivity contribution in [2.75, 3.05) is 13.2 Å². The molecule has 0 rings (SSSR count). The molecule has 0 aromatic carbocycles. The Kier molecular flexibility index (Phi) is 51.7. The topological polar surface area (TPSA) is 78.9 Å². The minimum Gasteiger partial charge on any atom is -0.462 e. The van der Waals surface area contributed by atoms with Crippen molar-refractivity contribution in [3.05, 3.63) is 24.3 Å². The average Bonchev–Trinajstić information content (AvgIpc) is 3.29. The second-order valence-corrected chi connectivity index (χ2v) is 19.2. The Hall–Kier alpha value is -2.11. The lowest BCUT2D eigenvalue weighted by atomic mass is 10.0. The zero-order valence-corrected chi connectivity index (χ0v) is 43.1. The summed E-state index contributed by atoms with van der Waals surface area (Å²) in [5.74, 6) is -0.871. The highest BCUT2D eigenvalue weighted by Gasteiger charge is 2.19. The van der Waals surface area contributed by atoms with Crippen molar-refractivity contribution in [1.29, 1.82) is 0 Å². The lowest BCUT2D eigenvalue weighted by molar-refractivity contribution is -0.167. The van der Waals surface area contributed by atoms with E-state index >= 15 is 0 Å². The fourth-order valence-electron chi connectivity index (χ4n) is 8.42. The Morgan fingerprint density at radius 2 is 0.562 bits per heavy atom. The van der Waals surface area contributed by atoms with E-state index in [4.69, 9.17) is 14.2 Å². The number of allylic oxidation sites excluding steroid dienone is 4. The number of hydrogen-bond acceptors (Lipinski definition) is 6. The summed E-state index contributed by atoms with van der Waals surface area (Å²) in [4.78, 5) is 37.5. The van der Waals surface area contributed by atoms with Crippen molar-refractivity contribution >= 4 is 17.9 Å². The predicted octanol–water partition coefficient (Wildman–Crippen LogP) is 18.7. The molecule has 6 nitrogen and oxygen atoms in total. The molecule has 0 aromatic heterocycles. The van der Waals surface area contributed by atoms with E-state index in [9.17, 15) is 14.4 Å². The van der Waals surface area contributed by atoms with Crippen LogP contribution in [-0.2, 0) is 28.6 Å². The smallest absolute Gasteiger partial charge is 0.306 e. The number of rotatable bonds is 52. The van der Waals surface area contributed by atoms with Crippen molar-refractivity contribution < 1.29 is 28.6 Å². The van der Waals surface area contributed by atoms with Gasteiger partial charge in [-0.25, -0.2) is 0 Å². The van der Waals surface area contributed by atoms with Gasteiger partial charge >= 0.3 is 17.9 Å². The van der Waals surface area contributed by atoms with E-state index in [1.165, 1.54) is 205 Å². The first-order valence-electron chi connectivity index (χ1n) is 28.3. The van der Waals surface area contributed by atoms with Crippen LogP contribution in [0, 0.1) is 0 Å². The molecule has 1 unspecified atom stereocenters. The SMILES string of the molecule is CCCCCCC/C=C\C/C=C\CCCCCCCCCCCCCCCCCCCCCCCC(=O)OCC(COC(=O)CCCCCCCC)OC(=O)CCCCCCCCC. The first-order valence-corrected chi connectivity index (χ1v) is 28.3. The van der Waals surface area contributed by atoms with Gasteiger partial charge < -0.3 is 14.2 Å². The molecule has 0 saturated carbocycles. The number of esters is 3. The third-order valence-electron chi connectivity index (χ3n) is 12.7. The molecule has 0 fully saturated rings. The zero-order chi connectivity index (χ0) is 46.5. The monoisotopic (exact) mass is 901 g/mol. The molecule has 0 bridgehead atoms. The maximum Gasteiger partial charge on any atom is 0.306 e. The van der Waals surface area contributed by atoms with Crippen LogP contribution in [0.25, 0.3) is 0 Å². The highest BCUT2D eigenvalue weighted by Crippen LogP contribution is 2.17. The van der Waals surface area contributed by atoms with Gasteiger partial charge in [0.2, 0.25) is 0 Å². The van der Waals surface area contributed by atoms with E-state index in [2.05, 4.69) is 45.1 Å². The molecule has 64 heavy (non-hydrogen) atoms. The molecule has 6 heteroatoms. The van der Waals surface area contributed by atoms with Crippen molar-refractivity contribution in [2.24, 2.45) is 0 Å². The van der Waals surface area contributed by atoms with Crippen LogP contribution < -0.4 is 0 Å². The number of carbonyl (C=O) groups is 3. The van der Waals surface area contributed by atoms with Gasteiger partial charge in [0.05, 0.1) is 0 Å². The first-order chi connectivity index (χ1) is 31.5. The summed E-state index contributed by atoms with van der Waals surface area (Å²) in [6.45, 7) is 6.55. The molecule has 0 saturated heterocycles. The molecule has 0 aromatic rings. The normalized spacial score (nSPS) is 12.1. The highest BCUT2D eigenvalue weighted by molar-refractivity contribution is 5.71. The first kappa shape index (κ1) is 61.9. The molecule has 0 radical (unpaired) electrons. The van der Waals surface area contributed by atoms with E-state index in [0.29, 0.717) is 19.3 Å². The summed E-state index contributed by atoms with van der Waals surface area (Å²) < 4.78 is 16.6. The molecule has 1 atom stereocenters. The molecule has 0 amide bonds. The van der Waals surface area contributed by atoms with E-state index in [0.717, 1.165) is 64.2 Å². The molecule has 0 heterocycles. The molecule has 0 aliphatic heterocycles.